The Morgan fingerprint density at radius 1 is 1.30 bits per heavy atom. The zero-order valence-corrected chi connectivity index (χ0v) is 19.7. The number of esters is 1. The van der Waals surface area contributed by atoms with Crippen LogP contribution >= 0.6 is 23.6 Å². The topological polar surface area (TPSA) is 88.5 Å². The van der Waals surface area contributed by atoms with Crippen molar-refractivity contribution < 1.29 is 14.3 Å². The lowest BCUT2D eigenvalue weighted by Crippen LogP contribution is -2.30. The first-order valence-electron chi connectivity index (χ1n) is 9.88. The maximum absolute atomic E-state index is 12.8. The van der Waals surface area contributed by atoms with E-state index in [2.05, 4.69) is 15.7 Å². The predicted octanol–water partition coefficient (Wildman–Crippen LogP) is 3.21. The number of thiocarbonyl (C=S) groups is 1. The maximum atomic E-state index is 12.8. The molecule has 0 saturated carbocycles. The summed E-state index contributed by atoms with van der Waals surface area (Å²) in [6, 6.07) is 1.96. The van der Waals surface area contributed by atoms with Gasteiger partial charge in [-0.2, -0.15) is 5.10 Å². The number of hydrogen-bond donors (Lipinski definition) is 2. The van der Waals surface area contributed by atoms with Gasteiger partial charge in [0.05, 0.1) is 23.2 Å². The standard InChI is InChI=1S/C20H29N5O3S2/c1-6-24(7-2)18(26)16-14(4)15(19(27)28-5)17(30-16)22-20(29)21-10-8-11-25-12-9-13(3)23-25/h9,12H,6-8,10-11H2,1-5H3,(H2,21,22,29). The monoisotopic (exact) mass is 451 g/mol. The number of nitrogens with one attached hydrogen (secondary N) is 2. The highest BCUT2D eigenvalue weighted by atomic mass is 32.1. The smallest absolute Gasteiger partial charge is 0.341 e. The lowest BCUT2D eigenvalue weighted by atomic mass is 10.1. The van der Waals surface area contributed by atoms with E-state index in [4.69, 9.17) is 17.0 Å². The number of carbonyl (C=O) groups is 2. The number of hydrogen-bond acceptors (Lipinski definition) is 6. The van der Waals surface area contributed by atoms with Crippen molar-refractivity contribution in [3.05, 3.63) is 34.0 Å². The highest BCUT2D eigenvalue weighted by Gasteiger charge is 2.27. The molecule has 0 spiro atoms. The van der Waals surface area contributed by atoms with Crippen LogP contribution in [0.25, 0.3) is 0 Å². The van der Waals surface area contributed by atoms with Crippen molar-refractivity contribution in [1.29, 1.82) is 0 Å². The van der Waals surface area contributed by atoms with E-state index in [1.807, 2.05) is 37.7 Å². The Morgan fingerprint density at radius 3 is 2.57 bits per heavy atom. The number of ether oxygens (including phenoxy) is 1. The summed E-state index contributed by atoms with van der Waals surface area (Å²) in [5, 5.41) is 11.4. The van der Waals surface area contributed by atoms with Gasteiger partial charge in [0.15, 0.2) is 5.11 Å². The third-order valence-corrected chi connectivity index (χ3v) is 6.07. The number of nitrogens with zero attached hydrogens (tertiary/aromatic N) is 3. The molecule has 2 N–H and O–H groups in total. The third-order valence-electron chi connectivity index (χ3n) is 4.63. The van der Waals surface area contributed by atoms with Crippen LogP contribution in [-0.4, -0.2) is 58.4 Å². The molecule has 2 aromatic heterocycles. The Bertz CT molecular complexity index is 902. The molecule has 10 heteroatoms. The molecule has 30 heavy (non-hydrogen) atoms. The molecule has 0 radical (unpaired) electrons. The summed E-state index contributed by atoms with van der Waals surface area (Å²) in [6.07, 6.45) is 2.78. The number of aromatic nitrogens is 2. The highest BCUT2D eigenvalue weighted by Crippen LogP contribution is 2.34. The molecule has 2 aromatic rings. The average Bonchev–Trinajstić information content (AvgIpc) is 3.28. The summed E-state index contributed by atoms with van der Waals surface area (Å²) >= 11 is 6.60. The molecule has 164 valence electrons. The minimum absolute atomic E-state index is 0.103. The zero-order valence-electron chi connectivity index (χ0n) is 18.1. The van der Waals surface area contributed by atoms with Crippen LogP contribution in [-0.2, 0) is 11.3 Å². The summed E-state index contributed by atoms with van der Waals surface area (Å²) in [5.41, 5.74) is 1.93. The molecule has 1 amide bonds. The Balaban J connectivity index is 2.07. The second kappa shape index (κ2) is 11.1. The second-order valence-corrected chi connectivity index (χ2v) is 8.11. The normalized spacial score (nSPS) is 10.6. The van der Waals surface area contributed by atoms with Crippen LogP contribution in [0, 0.1) is 13.8 Å². The van der Waals surface area contributed by atoms with Crippen LogP contribution in [0.5, 0.6) is 0 Å². The first-order chi connectivity index (χ1) is 14.3. The van der Waals surface area contributed by atoms with E-state index < -0.39 is 5.97 Å². The molecular weight excluding hydrogens is 422 g/mol. The van der Waals surface area contributed by atoms with Gasteiger partial charge in [0.1, 0.15) is 5.00 Å². The molecular formula is C20H29N5O3S2. The number of anilines is 1. The maximum Gasteiger partial charge on any atom is 0.341 e. The van der Waals surface area contributed by atoms with Gasteiger partial charge < -0.3 is 20.3 Å². The number of methoxy groups -OCH3 is 1. The molecule has 0 aliphatic carbocycles. The lowest BCUT2D eigenvalue weighted by molar-refractivity contribution is 0.0601. The fourth-order valence-electron chi connectivity index (χ4n) is 2.99. The molecule has 8 nitrogen and oxygen atoms in total. The zero-order chi connectivity index (χ0) is 22.3. The minimum Gasteiger partial charge on any atom is -0.465 e. The average molecular weight is 452 g/mol. The Morgan fingerprint density at radius 2 is 2.00 bits per heavy atom. The van der Waals surface area contributed by atoms with Gasteiger partial charge in [0, 0.05) is 32.4 Å². The van der Waals surface area contributed by atoms with Gasteiger partial charge in [-0.25, -0.2) is 4.79 Å². The molecule has 0 atom stereocenters. The summed E-state index contributed by atoms with van der Waals surface area (Å²) in [6.45, 7) is 10.2. The van der Waals surface area contributed by atoms with E-state index in [1.165, 1.54) is 18.4 Å². The fraction of sp³-hybridized carbons (Fsp3) is 0.500. The number of carbonyl (C=O) groups excluding carboxylic acids is 2. The quantitative estimate of drug-likeness (QED) is 0.344. The van der Waals surface area contributed by atoms with Crippen molar-refractivity contribution in [2.45, 2.75) is 40.7 Å². The van der Waals surface area contributed by atoms with Crippen molar-refractivity contribution >= 4 is 45.5 Å². The van der Waals surface area contributed by atoms with E-state index in [9.17, 15) is 9.59 Å². The summed E-state index contributed by atoms with van der Waals surface area (Å²) < 4.78 is 6.81. The molecule has 0 unspecified atom stereocenters. The van der Waals surface area contributed by atoms with Crippen LogP contribution < -0.4 is 10.6 Å². The van der Waals surface area contributed by atoms with Gasteiger partial charge >= 0.3 is 5.97 Å². The van der Waals surface area contributed by atoms with Crippen LogP contribution in [0.3, 0.4) is 0 Å². The van der Waals surface area contributed by atoms with Crippen molar-refractivity contribution in [3.8, 4) is 0 Å². The summed E-state index contributed by atoms with van der Waals surface area (Å²) in [4.78, 5) is 27.4. The van der Waals surface area contributed by atoms with Gasteiger partial charge in [-0.15, -0.1) is 11.3 Å². The van der Waals surface area contributed by atoms with E-state index in [0.29, 0.717) is 45.8 Å². The molecule has 0 saturated heterocycles. The van der Waals surface area contributed by atoms with E-state index in [-0.39, 0.29) is 5.91 Å². The molecule has 0 aromatic carbocycles. The van der Waals surface area contributed by atoms with Crippen LogP contribution in [0.15, 0.2) is 12.3 Å². The van der Waals surface area contributed by atoms with Crippen molar-refractivity contribution in [1.82, 2.24) is 20.0 Å². The molecule has 0 fully saturated rings. The van der Waals surface area contributed by atoms with E-state index >= 15 is 0 Å². The number of aryl methyl sites for hydroxylation is 2. The first-order valence-corrected chi connectivity index (χ1v) is 11.1. The van der Waals surface area contributed by atoms with Gasteiger partial charge in [-0.1, -0.05) is 0 Å². The Hall–Kier alpha value is -2.46. The van der Waals surface area contributed by atoms with Gasteiger partial charge in [0.25, 0.3) is 5.91 Å². The Labute approximate surface area is 186 Å². The van der Waals surface area contributed by atoms with Gasteiger partial charge in [-0.3, -0.25) is 9.48 Å². The van der Waals surface area contributed by atoms with Crippen molar-refractivity contribution in [2.75, 3.05) is 32.1 Å². The molecule has 0 bridgehead atoms. The number of amides is 1. The van der Waals surface area contributed by atoms with Gasteiger partial charge in [0.2, 0.25) is 0 Å². The van der Waals surface area contributed by atoms with Crippen LogP contribution in [0.4, 0.5) is 5.00 Å². The van der Waals surface area contributed by atoms with Gasteiger partial charge in [-0.05, 0) is 58.0 Å². The van der Waals surface area contributed by atoms with E-state index in [1.54, 1.807) is 11.8 Å². The SMILES string of the molecule is CCN(CC)C(=O)c1sc(NC(=S)NCCCn2ccc(C)n2)c(C(=O)OC)c1C. The molecule has 0 aliphatic heterocycles. The van der Waals surface area contributed by atoms with Crippen LogP contribution in [0.2, 0.25) is 0 Å². The molecule has 2 heterocycles. The minimum atomic E-state index is -0.498. The summed E-state index contributed by atoms with van der Waals surface area (Å²) in [7, 11) is 1.32. The van der Waals surface area contributed by atoms with E-state index in [0.717, 1.165) is 18.7 Å². The highest BCUT2D eigenvalue weighted by molar-refractivity contribution is 7.80. The van der Waals surface area contributed by atoms with Crippen molar-refractivity contribution in [2.24, 2.45) is 0 Å². The molecule has 0 aliphatic rings. The third kappa shape index (κ3) is 5.79. The lowest BCUT2D eigenvalue weighted by Gasteiger charge is -2.17. The van der Waals surface area contributed by atoms with Crippen LogP contribution in [0.1, 0.15) is 51.6 Å². The largest absolute Gasteiger partial charge is 0.465 e. The second-order valence-electron chi connectivity index (χ2n) is 6.68. The first kappa shape index (κ1) is 23.8. The number of thiophene rings is 1. The Kier molecular flexibility index (Phi) is 8.79. The predicted molar refractivity (Wildman–Crippen MR) is 123 cm³/mol. The summed E-state index contributed by atoms with van der Waals surface area (Å²) in [5.74, 6) is -0.601. The van der Waals surface area contributed by atoms with Crippen molar-refractivity contribution in [3.63, 3.8) is 0 Å². The molecule has 2 rings (SSSR count). The fourth-order valence-corrected chi connectivity index (χ4v) is 4.42. The number of rotatable bonds is 9.